The Morgan fingerprint density at radius 1 is 1.45 bits per heavy atom. The highest BCUT2D eigenvalue weighted by Gasteiger charge is 2.09. The van der Waals surface area contributed by atoms with Crippen LogP contribution in [-0.2, 0) is 11.2 Å². The van der Waals surface area contributed by atoms with Crippen LogP contribution in [-0.4, -0.2) is 30.8 Å². The SMILES string of the molecule is CCC(N)Cc1ccc(OCCCC(=O)O)cc1OC. The number of benzene rings is 1. The normalized spacial score (nSPS) is 11.9. The quantitative estimate of drug-likeness (QED) is 0.678. The van der Waals surface area contributed by atoms with Gasteiger partial charge in [0.2, 0.25) is 0 Å². The molecule has 1 aromatic rings. The molecular formula is C15H23NO4. The van der Waals surface area contributed by atoms with Crippen molar-refractivity contribution in [2.75, 3.05) is 13.7 Å². The Balaban J connectivity index is 2.60. The third kappa shape index (κ3) is 5.48. The summed E-state index contributed by atoms with van der Waals surface area (Å²) in [6, 6.07) is 5.74. The van der Waals surface area contributed by atoms with Gasteiger partial charge in [-0.1, -0.05) is 13.0 Å². The third-order valence-electron chi connectivity index (χ3n) is 3.07. The first-order chi connectivity index (χ1) is 9.56. The van der Waals surface area contributed by atoms with Crippen LogP contribution < -0.4 is 15.2 Å². The average molecular weight is 281 g/mol. The van der Waals surface area contributed by atoms with Gasteiger partial charge in [0.05, 0.1) is 13.7 Å². The van der Waals surface area contributed by atoms with E-state index < -0.39 is 5.97 Å². The van der Waals surface area contributed by atoms with Gasteiger partial charge in [-0.15, -0.1) is 0 Å². The van der Waals surface area contributed by atoms with E-state index in [0.717, 1.165) is 24.2 Å². The highest BCUT2D eigenvalue weighted by atomic mass is 16.5. The Bertz CT molecular complexity index is 434. The number of rotatable bonds is 9. The van der Waals surface area contributed by atoms with Gasteiger partial charge in [-0.25, -0.2) is 0 Å². The Morgan fingerprint density at radius 3 is 2.80 bits per heavy atom. The monoisotopic (exact) mass is 281 g/mol. The van der Waals surface area contributed by atoms with Gasteiger partial charge < -0.3 is 20.3 Å². The number of carbonyl (C=O) groups is 1. The van der Waals surface area contributed by atoms with Gasteiger partial charge in [0.25, 0.3) is 0 Å². The molecule has 1 rings (SSSR count). The molecule has 1 atom stereocenters. The van der Waals surface area contributed by atoms with Crippen LogP contribution in [0, 0.1) is 0 Å². The van der Waals surface area contributed by atoms with E-state index in [-0.39, 0.29) is 12.5 Å². The number of hydrogen-bond donors (Lipinski definition) is 2. The predicted molar refractivity (Wildman–Crippen MR) is 77.3 cm³/mol. The number of hydrogen-bond acceptors (Lipinski definition) is 4. The topological polar surface area (TPSA) is 81.8 Å². The lowest BCUT2D eigenvalue weighted by Crippen LogP contribution is -2.21. The molecule has 0 aromatic heterocycles. The highest BCUT2D eigenvalue weighted by molar-refractivity contribution is 5.66. The van der Waals surface area contributed by atoms with E-state index in [1.165, 1.54) is 0 Å². The van der Waals surface area contributed by atoms with Crippen LogP contribution in [0.3, 0.4) is 0 Å². The zero-order chi connectivity index (χ0) is 15.0. The number of nitrogens with two attached hydrogens (primary N) is 1. The van der Waals surface area contributed by atoms with E-state index >= 15 is 0 Å². The van der Waals surface area contributed by atoms with Crippen molar-refractivity contribution < 1.29 is 19.4 Å². The minimum Gasteiger partial charge on any atom is -0.496 e. The molecule has 0 radical (unpaired) electrons. The Morgan fingerprint density at radius 2 is 2.20 bits per heavy atom. The van der Waals surface area contributed by atoms with Crippen LogP contribution in [0.2, 0.25) is 0 Å². The molecule has 0 spiro atoms. The third-order valence-corrected chi connectivity index (χ3v) is 3.07. The summed E-state index contributed by atoms with van der Waals surface area (Å²) >= 11 is 0. The Kier molecular flexibility index (Phi) is 6.87. The molecule has 0 saturated carbocycles. The van der Waals surface area contributed by atoms with Crippen molar-refractivity contribution in [3.63, 3.8) is 0 Å². The summed E-state index contributed by atoms with van der Waals surface area (Å²) in [6.45, 7) is 2.43. The number of carboxylic acid groups (broad SMARTS) is 1. The smallest absolute Gasteiger partial charge is 0.303 e. The summed E-state index contributed by atoms with van der Waals surface area (Å²) in [5.41, 5.74) is 7.01. The summed E-state index contributed by atoms with van der Waals surface area (Å²) in [7, 11) is 1.62. The Labute approximate surface area is 119 Å². The van der Waals surface area contributed by atoms with E-state index in [4.69, 9.17) is 20.3 Å². The molecule has 0 bridgehead atoms. The first kappa shape index (κ1) is 16.3. The van der Waals surface area contributed by atoms with Crippen LogP contribution in [0.15, 0.2) is 18.2 Å². The maximum atomic E-state index is 10.4. The summed E-state index contributed by atoms with van der Waals surface area (Å²) in [4.78, 5) is 10.4. The van der Waals surface area contributed by atoms with Gasteiger partial charge >= 0.3 is 5.97 Å². The van der Waals surface area contributed by atoms with Gasteiger partial charge in [-0.2, -0.15) is 0 Å². The van der Waals surface area contributed by atoms with Crippen molar-refractivity contribution in [1.82, 2.24) is 0 Å². The van der Waals surface area contributed by atoms with Crippen molar-refractivity contribution in [3.8, 4) is 11.5 Å². The zero-order valence-electron chi connectivity index (χ0n) is 12.1. The van der Waals surface area contributed by atoms with E-state index in [1.807, 2.05) is 18.2 Å². The van der Waals surface area contributed by atoms with Crippen LogP contribution in [0.25, 0.3) is 0 Å². The molecule has 1 aromatic carbocycles. The fourth-order valence-corrected chi connectivity index (χ4v) is 1.82. The van der Waals surface area contributed by atoms with Gasteiger partial charge in [0, 0.05) is 18.5 Å². The molecule has 5 nitrogen and oxygen atoms in total. The minimum absolute atomic E-state index is 0.112. The fourth-order valence-electron chi connectivity index (χ4n) is 1.82. The van der Waals surface area contributed by atoms with Crippen molar-refractivity contribution in [1.29, 1.82) is 0 Å². The van der Waals surface area contributed by atoms with E-state index in [9.17, 15) is 4.79 Å². The number of ether oxygens (including phenoxy) is 2. The lowest BCUT2D eigenvalue weighted by molar-refractivity contribution is -0.137. The van der Waals surface area contributed by atoms with Crippen LogP contribution in [0.1, 0.15) is 31.7 Å². The van der Waals surface area contributed by atoms with Crippen LogP contribution in [0.5, 0.6) is 11.5 Å². The largest absolute Gasteiger partial charge is 0.496 e. The standard InChI is InChI=1S/C15H23NO4/c1-3-12(16)9-11-6-7-13(10-14(11)19-2)20-8-4-5-15(17)18/h6-7,10,12H,3-5,8-9,16H2,1-2H3,(H,17,18). The highest BCUT2D eigenvalue weighted by Crippen LogP contribution is 2.26. The predicted octanol–water partition coefficient (Wildman–Crippen LogP) is 2.22. The molecule has 0 amide bonds. The second kappa shape index (κ2) is 8.43. The molecule has 20 heavy (non-hydrogen) atoms. The second-order valence-corrected chi connectivity index (χ2v) is 4.69. The molecule has 0 aliphatic rings. The van der Waals surface area contributed by atoms with Crippen molar-refractivity contribution in [2.24, 2.45) is 5.73 Å². The summed E-state index contributed by atoms with van der Waals surface area (Å²) in [6.07, 6.45) is 2.27. The van der Waals surface area contributed by atoms with Crippen molar-refractivity contribution in [2.45, 2.75) is 38.6 Å². The number of methoxy groups -OCH3 is 1. The molecule has 0 aliphatic heterocycles. The zero-order valence-corrected chi connectivity index (χ0v) is 12.1. The van der Waals surface area contributed by atoms with E-state index in [0.29, 0.717) is 18.8 Å². The first-order valence-electron chi connectivity index (χ1n) is 6.83. The molecule has 0 fully saturated rings. The van der Waals surface area contributed by atoms with Crippen LogP contribution in [0.4, 0.5) is 0 Å². The minimum atomic E-state index is -0.810. The molecule has 112 valence electrons. The Hall–Kier alpha value is -1.75. The first-order valence-corrected chi connectivity index (χ1v) is 6.83. The van der Waals surface area contributed by atoms with Gasteiger partial charge in [0.15, 0.2) is 0 Å². The molecule has 0 saturated heterocycles. The summed E-state index contributed by atoms with van der Waals surface area (Å²) < 4.78 is 10.9. The van der Waals surface area contributed by atoms with E-state index in [1.54, 1.807) is 7.11 Å². The van der Waals surface area contributed by atoms with Crippen molar-refractivity contribution in [3.05, 3.63) is 23.8 Å². The molecule has 0 aliphatic carbocycles. The molecule has 3 N–H and O–H groups in total. The maximum absolute atomic E-state index is 10.4. The van der Waals surface area contributed by atoms with Gasteiger partial charge in [0.1, 0.15) is 11.5 Å². The maximum Gasteiger partial charge on any atom is 0.303 e. The fraction of sp³-hybridized carbons (Fsp3) is 0.533. The molecule has 5 heteroatoms. The van der Waals surface area contributed by atoms with Crippen LogP contribution >= 0.6 is 0 Å². The van der Waals surface area contributed by atoms with Gasteiger partial charge in [-0.05, 0) is 30.9 Å². The molecule has 0 heterocycles. The average Bonchev–Trinajstić information content (AvgIpc) is 2.44. The lowest BCUT2D eigenvalue weighted by Gasteiger charge is -2.14. The number of carboxylic acids is 1. The van der Waals surface area contributed by atoms with Crippen molar-refractivity contribution >= 4 is 5.97 Å². The van der Waals surface area contributed by atoms with E-state index in [2.05, 4.69) is 6.92 Å². The molecule has 1 unspecified atom stereocenters. The number of aliphatic carboxylic acids is 1. The second-order valence-electron chi connectivity index (χ2n) is 4.69. The molecular weight excluding hydrogens is 258 g/mol. The lowest BCUT2D eigenvalue weighted by atomic mass is 10.0. The summed E-state index contributed by atoms with van der Waals surface area (Å²) in [5, 5.41) is 8.55. The summed E-state index contributed by atoms with van der Waals surface area (Å²) in [5.74, 6) is 0.626. The van der Waals surface area contributed by atoms with Gasteiger partial charge in [-0.3, -0.25) is 4.79 Å².